The van der Waals surface area contributed by atoms with Crippen molar-refractivity contribution in [3.05, 3.63) is 42.5 Å². The molecule has 0 radical (unpaired) electrons. The van der Waals surface area contributed by atoms with Crippen LogP contribution in [0.4, 0.5) is 17.1 Å². The maximum atomic E-state index is 10.4. The number of nitrogens with zero attached hydrogens (tertiary/aromatic N) is 3. The molecule has 15 N–H and O–H groups in total. The summed E-state index contributed by atoms with van der Waals surface area (Å²) in [4.78, 5) is 27.8. The van der Waals surface area contributed by atoms with E-state index >= 15 is 0 Å². The number of phenolic OH excluding ortho intramolecular Hbond substituents is 1. The van der Waals surface area contributed by atoms with Crippen molar-refractivity contribution in [2.75, 3.05) is 0 Å². The number of phenols is 1. The number of benzene rings is 1. The molecular weight excluding hydrogens is 490 g/mol. The third kappa shape index (κ3) is 21.5. The maximum Gasteiger partial charge on any atom is 2.00 e. The molecule has 0 atom stereocenters. The summed E-state index contributed by atoms with van der Waals surface area (Å²) in [6.45, 7) is 0. The van der Waals surface area contributed by atoms with E-state index in [0.717, 1.165) is 0 Å². The fraction of sp³-hybridized carbons (Fsp3) is 0. The van der Waals surface area contributed by atoms with Crippen LogP contribution >= 0.6 is 0 Å². The molecule has 0 saturated heterocycles. The van der Waals surface area contributed by atoms with Crippen LogP contribution in [0.3, 0.4) is 0 Å². The topological polar surface area (TPSA) is 450 Å². The molecule has 0 aromatic heterocycles. The maximum absolute atomic E-state index is 10.4. The number of nitro benzene ring substituents is 3. The van der Waals surface area contributed by atoms with Gasteiger partial charge in [-0.1, -0.05) is 0 Å². The number of rotatable bonds is 3. The fourth-order valence-electron chi connectivity index (χ4n) is 0.974. The predicted molar refractivity (Wildman–Crippen MR) is 83.8 cm³/mol. The summed E-state index contributed by atoms with van der Waals surface area (Å²) in [6.07, 6.45) is 0. The SMILES string of the molecule is O.O.O.O.O.O.O.O=S(=O)([O-])[O-].O=[N+]([O-])c1cc([N+](=O)[O-])c(O)c([N+](=O)[O-])c1.[Fe+2]. The van der Waals surface area contributed by atoms with Crippen molar-refractivity contribution in [3.63, 3.8) is 0 Å². The van der Waals surface area contributed by atoms with E-state index < -0.39 is 48.0 Å². The van der Waals surface area contributed by atoms with E-state index in [2.05, 4.69) is 0 Å². The Morgan fingerprint density at radius 3 is 1.03 bits per heavy atom. The van der Waals surface area contributed by atoms with Crippen molar-refractivity contribution >= 4 is 27.5 Å². The second kappa shape index (κ2) is 21.6. The fourth-order valence-corrected chi connectivity index (χ4v) is 0.974. The zero-order valence-corrected chi connectivity index (χ0v) is 15.2. The Kier molecular flexibility index (Phi) is 42.0. The molecule has 21 nitrogen and oxygen atoms in total. The molecule has 0 unspecified atom stereocenters. The second-order valence-electron chi connectivity index (χ2n) is 3.01. The molecule has 1 rings (SSSR count). The Bertz CT molecular complexity index is 665. The first-order valence-corrected chi connectivity index (χ1v) is 5.64. The minimum atomic E-state index is -5.17. The van der Waals surface area contributed by atoms with E-state index in [4.69, 9.17) is 22.6 Å². The normalized spacial score (nSPS) is 7.38. The summed E-state index contributed by atoms with van der Waals surface area (Å²) in [5.41, 5.74) is -3.00. The van der Waals surface area contributed by atoms with Crippen LogP contribution in [0.2, 0.25) is 0 Å². The van der Waals surface area contributed by atoms with E-state index in [9.17, 15) is 30.3 Å². The van der Waals surface area contributed by atoms with Crippen molar-refractivity contribution in [2.45, 2.75) is 0 Å². The molecule has 1 aromatic rings. The van der Waals surface area contributed by atoms with Gasteiger partial charge in [-0.05, 0) is 0 Å². The van der Waals surface area contributed by atoms with Crippen molar-refractivity contribution < 1.29 is 92.8 Å². The minimum Gasteiger partial charge on any atom is -0.759 e. The second-order valence-corrected chi connectivity index (χ2v) is 3.83. The van der Waals surface area contributed by atoms with Crippen LogP contribution in [0.15, 0.2) is 12.1 Å². The van der Waals surface area contributed by atoms with Crippen LogP contribution in [0.5, 0.6) is 5.75 Å². The average Bonchev–Trinajstić information content (AvgIpc) is 2.25. The summed E-state index contributed by atoms with van der Waals surface area (Å²) in [6, 6.07) is 0.894. The molecule has 29 heavy (non-hydrogen) atoms. The zero-order chi connectivity index (χ0) is 17.0. The van der Waals surface area contributed by atoms with Gasteiger partial charge in [-0.3, -0.25) is 38.8 Å². The van der Waals surface area contributed by atoms with Crippen molar-refractivity contribution in [1.29, 1.82) is 0 Å². The Morgan fingerprint density at radius 1 is 0.690 bits per heavy atom. The van der Waals surface area contributed by atoms with Crippen molar-refractivity contribution in [2.24, 2.45) is 0 Å². The number of non-ortho nitro benzene ring substituents is 1. The summed E-state index contributed by atoms with van der Waals surface area (Å²) in [7, 11) is -5.17. The first-order valence-electron chi connectivity index (χ1n) is 4.31. The molecule has 0 heterocycles. The molecule has 23 heteroatoms. The van der Waals surface area contributed by atoms with Gasteiger partial charge in [0.25, 0.3) is 11.4 Å². The number of aromatic hydroxyl groups is 1. The van der Waals surface area contributed by atoms with Gasteiger partial charge in [-0.15, -0.1) is 0 Å². The Labute approximate surface area is 169 Å². The molecular formula is C6H17FeN3O18S. The zero-order valence-electron chi connectivity index (χ0n) is 13.3. The van der Waals surface area contributed by atoms with Gasteiger partial charge in [0.1, 0.15) is 0 Å². The number of nitro groups is 3. The van der Waals surface area contributed by atoms with Crippen LogP contribution in [0.1, 0.15) is 0 Å². The monoisotopic (exact) mass is 507 g/mol. The predicted octanol–water partition coefficient (Wildman–Crippen LogP) is -6.00. The first-order chi connectivity index (χ1) is 9.34. The Morgan fingerprint density at radius 2 is 0.897 bits per heavy atom. The first kappa shape index (κ1) is 56.3. The van der Waals surface area contributed by atoms with Gasteiger partial charge in [0, 0.05) is 10.4 Å². The standard InChI is InChI=1S/C6H3N3O7.Fe.H2O4S.7H2O/c10-6-4(8(13)14)1-3(7(11)12)2-5(6)9(15)16;;1-5(2,3)4;;;;;;;/h1-2,10H;;(H2,1,2,3,4);7*1H2/q;+2;;;;;;;;/p-2. The van der Waals surface area contributed by atoms with E-state index in [-0.39, 0.29) is 55.4 Å². The van der Waals surface area contributed by atoms with Crippen LogP contribution < -0.4 is 0 Å². The largest absolute Gasteiger partial charge is 2.00 e. The number of hydrogen-bond acceptors (Lipinski definition) is 11. The van der Waals surface area contributed by atoms with Crippen LogP contribution in [0.25, 0.3) is 0 Å². The molecule has 0 aliphatic rings. The quantitative estimate of drug-likeness (QED) is 0.132. The third-order valence-electron chi connectivity index (χ3n) is 1.66. The third-order valence-corrected chi connectivity index (χ3v) is 1.66. The summed E-state index contributed by atoms with van der Waals surface area (Å²) >= 11 is 0. The van der Waals surface area contributed by atoms with E-state index in [1.807, 2.05) is 0 Å². The van der Waals surface area contributed by atoms with Gasteiger partial charge in [0.05, 0.1) is 26.9 Å². The summed E-state index contributed by atoms with van der Waals surface area (Å²) < 4.78 is 34.1. The molecule has 178 valence electrons. The number of hydrogen-bond donors (Lipinski definition) is 1. The van der Waals surface area contributed by atoms with Gasteiger partial charge >= 0.3 is 28.4 Å². The van der Waals surface area contributed by atoms with Crippen LogP contribution in [-0.2, 0) is 27.5 Å². The Balaban J connectivity index is -0.0000000399. The van der Waals surface area contributed by atoms with E-state index in [1.165, 1.54) is 0 Å². The Hall–Kier alpha value is -2.67. The molecule has 0 bridgehead atoms. The smallest absolute Gasteiger partial charge is 0.759 e. The van der Waals surface area contributed by atoms with E-state index in [1.54, 1.807) is 0 Å². The van der Waals surface area contributed by atoms with Gasteiger partial charge in [-0.25, -0.2) is 0 Å². The average molecular weight is 507 g/mol. The molecule has 0 saturated carbocycles. The van der Waals surface area contributed by atoms with Crippen LogP contribution in [0, 0.1) is 30.3 Å². The van der Waals surface area contributed by atoms with Crippen molar-refractivity contribution in [3.8, 4) is 5.75 Å². The summed E-state index contributed by atoms with van der Waals surface area (Å²) in [5, 5.41) is 40.2. The van der Waals surface area contributed by atoms with E-state index in [0.29, 0.717) is 12.1 Å². The molecule has 1 aromatic carbocycles. The molecule has 0 aliphatic carbocycles. The minimum absolute atomic E-state index is 0. The molecule has 0 aliphatic heterocycles. The van der Waals surface area contributed by atoms with Gasteiger partial charge in [0.15, 0.2) is 0 Å². The molecule has 0 fully saturated rings. The summed E-state index contributed by atoms with van der Waals surface area (Å²) in [5.74, 6) is -1.21. The molecule has 0 amide bonds. The van der Waals surface area contributed by atoms with Gasteiger partial charge in [0.2, 0.25) is 0 Å². The van der Waals surface area contributed by atoms with Crippen molar-refractivity contribution in [1.82, 2.24) is 0 Å². The van der Waals surface area contributed by atoms with Gasteiger partial charge < -0.3 is 52.5 Å². The van der Waals surface area contributed by atoms with Crippen LogP contribution in [-0.4, -0.2) is 75.7 Å². The van der Waals surface area contributed by atoms with Gasteiger partial charge in [-0.2, -0.15) is 0 Å². The molecule has 0 spiro atoms.